The number of aromatic nitrogens is 1. The molecule has 1 aliphatic rings. The molecule has 4 N–H and O–H groups in total. The smallest absolute Gasteiger partial charge is 0.276 e. The second-order valence-corrected chi connectivity index (χ2v) is 10.3. The van der Waals surface area contributed by atoms with Gasteiger partial charge in [0.15, 0.2) is 10.2 Å². The van der Waals surface area contributed by atoms with Gasteiger partial charge in [0.05, 0.1) is 0 Å². The highest BCUT2D eigenvalue weighted by Crippen LogP contribution is 2.21. The van der Waals surface area contributed by atoms with Gasteiger partial charge in [0.2, 0.25) is 0 Å². The van der Waals surface area contributed by atoms with Crippen LogP contribution in [0.15, 0.2) is 30.5 Å². The number of benzene rings is 1. The van der Waals surface area contributed by atoms with E-state index in [0.29, 0.717) is 11.1 Å². The van der Waals surface area contributed by atoms with Crippen molar-refractivity contribution in [1.82, 2.24) is 20.1 Å². The van der Waals surface area contributed by atoms with E-state index in [0.717, 1.165) is 75.7 Å². The van der Waals surface area contributed by atoms with Crippen molar-refractivity contribution in [1.29, 1.82) is 10.8 Å². The molecular formula is C25H38N6OS. The molecule has 8 heteroatoms. The van der Waals surface area contributed by atoms with Gasteiger partial charge in [-0.1, -0.05) is 39.0 Å². The second kappa shape index (κ2) is 12.2. The highest BCUT2D eigenvalue weighted by atomic mass is 32.2. The predicted octanol–water partition coefficient (Wildman–Crippen LogP) is 4.30. The second-order valence-electron chi connectivity index (χ2n) is 9.27. The fraction of sp³-hybridized carbons (Fsp3) is 0.560. The summed E-state index contributed by atoms with van der Waals surface area (Å²) < 4.78 is 0. The van der Waals surface area contributed by atoms with Crippen molar-refractivity contribution in [2.75, 3.05) is 32.7 Å². The Hall–Kier alpha value is -2.32. The van der Waals surface area contributed by atoms with Gasteiger partial charge in [0.1, 0.15) is 0 Å². The summed E-state index contributed by atoms with van der Waals surface area (Å²) in [5, 5.41) is 21.1. The van der Waals surface area contributed by atoms with E-state index in [9.17, 15) is 4.79 Å². The largest absolute Gasteiger partial charge is 0.361 e. The van der Waals surface area contributed by atoms with Crippen LogP contribution in [-0.4, -0.2) is 69.7 Å². The topological polar surface area (TPSA) is 99.1 Å². The van der Waals surface area contributed by atoms with Crippen molar-refractivity contribution < 1.29 is 4.79 Å². The van der Waals surface area contributed by atoms with Crippen LogP contribution in [-0.2, 0) is 11.2 Å². The van der Waals surface area contributed by atoms with Crippen molar-refractivity contribution >= 4 is 38.8 Å². The molecule has 1 fully saturated rings. The van der Waals surface area contributed by atoms with Crippen LogP contribution in [0, 0.1) is 16.7 Å². The van der Waals surface area contributed by atoms with Gasteiger partial charge in [0.25, 0.3) is 5.91 Å². The summed E-state index contributed by atoms with van der Waals surface area (Å²) in [6.45, 7) is 11.0. The summed E-state index contributed by atoms with van der Waals surface area (Å²) in [6, 6.07) is 8.15. The molecule has 1 aliphatic heterocycles. The third kappa shape index (κ3) is 7.33. The molecule has 180 valence electrons. The molecule has 1 atom stereocenters. The van der Waals surface area contributed by atoms with Crippen molar-refractivity contribution in [3.8, 4) is 0 Å². The fourth-order valence-corrected chi connectivity index (χ4v) is 4.93. The van der Waals surface area contributed by atoms with Crippen LogP contribution >= 0.6 is 11.8 Å². The van der Waals surface area contributed by atoms with Gasteiger partial charge in [0, 0.05) is 49.3 Å². The third-order valence-electron chi connectivity index (χ3n) is 6.17. The Bertz CT molecular complexity index is 947. The summed E-state index contributed by atoms with van der Waals surface area (Å²) >= 11 is 0.962. The van der Waals surface area contributed by atoms with Crippen LogP contribution in [0.1, 0.15) is 45.6 Å². The molecule has 33 heavy (non-hydrogen) atoms. The first-order valence-electron chi connectivity index (χ1n) is 12.1. The van der Waals surface area contributed by atoms with Gasteiger partial charge in [-0.2, -0.15) is 0 Å². The zero-order valence-electron chi connectivity index (χ0n) is 20.1. The van der Waals surface area contributed by atoms with Crippen LogP contribution in [0.2, 0.25) is 0 Å². The number of carbonyl (C=O) groups is 1. The van der Waals surface area contributed by atoms with Gasteiger partial charge < -0.3 is 15.2 Å². The molecule has 2 aromatic rings. The van der Waals surface area contributed by atoms with Crippen molar-refractivity contribution in [2.45, 2.75) is 52.5 Å². The van der Waals surface area contributed by atoms with Crippen molar-refractivity contribution in [3.05, 3.63) is 36.0 Å². The summed E-state index contributed by atoms with van der Waals surface area (Å²) in [5.41, 5.74) is 2.27. The lowest BCUT2D eigenvalue weighted by Gasteiger charge is -2.35. The van der Waals surface area contributed by atoms with E-state index in [2.05, 4.69) is 48.1 Å². The molecule has 0 saturated carbocycles. The average Bonchev–Trinajstić information content (AvgIpc) is 3.20. The minimum Gasteiger partial charge on any atom is -0.361 e. The first-order valence-corrected chi connectivity index (χ1v) is 12.9. The number of fused-ring (bicyclic) bond motifs is 1. The number of amides is 1. The Morgan fingerprint density at radius 1 is 1.15 bits per heavy atom. The molecule has 3 rings (SSSR count). The third-order valence-corrected chi connectivity index (χ3v) is 7.01. The standard InChI is InChI=1S/C25H38N6OS/c1-4-11-30-12-14-31(15-13-30)25(27)33-23(26)24(32)29-20(10-9-18(2)3)16-19-17-28-22-8-6-5-7-21(19)22/h5-8,17-18,20,26-28H,4,9-16H2,1-3H3,(H,29,32). The molecule has 1 aromatic heterocycles. The zero-order valence-corrected chi connectivity index (χ0v) is 20.9. The van der Waals surface area contributed by atoms with Crippen molar-refractivity contribution in [3.63, 3.8) is 0 Å². The molecule has 2 heterocycles. The number of nitrogens with one attached hydrogen (secondary N) is 4. The zero-order chi connectivity index (χ0) is 23.8. The molecule has 1 saturated heterocycles. The minimum atomic E-state index is -0.386. The average molecular weight is 471 g/mol. The van der Waals surface area contributed by atoms with Gasteiger partial charge in [-0.15, -0.1) is 0 Å². The van der Waals surface area contributed by atoms with E-state index in [1.54, 1.807) is 0 Å². The van der Waals surface area contributed by atoms with E-state index < -0.39 is 0 Å². The van der Waals surface area contributed by atoms with Gasteiger partial charge in [-0.3, -0.25) is 20.5 Å². The van der Waals surface area contributed by atoms with E-state index in [-0.39, 0.29) is 17.0 Å². The molecule has 1 amide bonds. The van der Waals surface area contributed by atoms with Crippen LogP contribution < -0.4 is 5.32 Å². The Labute approximate surface area is 201 Å². The van der Waals surface area contributed by atoms with Gasteiger partial charge >= 0.3 is 0 Å². The summed E-state index contributed by atoms with van der Waals surface area (Å²) in [4.78, 5) is 20.5. The quantitative estimate of drug-likeness (QED) is 0.341. The summed E-state index contributed by atoms with van der Waals surface area (Å²) in [5.74, 6) is 0.156. The first-order chi connectivity index (χ1) is 15.9. The number of piperazine rings is 1. The van der Waals surface area contributed by atoms with Crippen LogP contribution in [0.3, 0.4) is 0 Å². The molecule has 0 bridgehead atoms. The molecule has 0 aliphatic carbocycles. The minimum absolute atomic E-state index is 0.0492. The Morgan fingerprint density at radius 2 is 1.88 bits per heavy atom. The molecule has 1 unspecified atom stereocenters. The summed E-state index contributed by atoms with van der Waals surface area (Å²) in [7, 11) is 0. The first kappa shape index (κ1) is 25.3. The number of H-pyrrole nitrogens is 1. The number of para-hydroxylation sites is 1. The van der Waals surface area contributed by atoms with E-state index in [1.165, 1.54) is 10.9 Å². The number of hydrogen-bond acceptors (Lipinski definition) is 5. The molecule has 7 nitrogen and oxygen atoms in total. The summed E-state index contributed by atoms with van der Waals surface area (Å²) in [6.07, 6.45) is 5.74. The highest BCUT2D eigenvalue weighted by Gasteiger charge is 2.23. The number of amidine groups is 1. The maximum absolute atomic E-state index is 12.9. The number of nitrogens with zero attached hydrogens (tertiary/aromatic N) is 2. The molecule has 1 aromatic carbocycles. The molecule has 0 spiro atoms. The van der Waals surface area contributed by atoms with Crippen LogP contribution in [0.25, 0.3) is 10.9 Å². The Balaban J connectivity index is 1.56. The Morgan fingerprint density at radius 3 is 2.58 bits per heavy atom. The molecule has 0 radical (unpaired) electrons. The number of aromatic amines is 1. The number of rotatable bonds is 8. The van der Waals surface area contributed by atoms with Gasteiger partial charge in [-0.25, -0.2) is 0 Å². The maximum atomic E-state index is 12.9. The van der Waals surface area contributed by atoms with Crippen molar-refractivity contribution in [2.24, 2.45) is 5.92 Å². The van der Waals surface area contributed by atoms with Gasteiger partial charge in [-0.05, 0) is 61.5 Å². The lowest BCUT2D eigenvalue weighted by molar-refractivity contribution is -0.115. The fourth-order valence-electron chi connectivity index (χ4n) is 4.28. The lowest BCUT2D eigenvalue weighted by atomic mass is 9.97. The monoisotopic (exact) mass is 470 g/mol. The predicted molar refractivity (Wildman–Crippen MR) is 139 cm³/mol. The molecular weight excluding hydrogens is 432 g/mol. The SMILES string of the molecule is CCCN1CCN(C(=N)SC(=N)C(=O)NC(CCC(C)C)Cc2c[nH]c3ccccc23)CC1. The normalized spacial score (nSPS) is 15.7. The lowest BCUT2D eigenvalue weighted by Crippen LogP contribution is -2.48. The van der Waals surface area contributed by atoms with E-state index in [4.69, 9.17) is 10.8 Å². The number of hydrogen-bond donors (Lipinski definition) is 4. The highest BCUT2D eigenvalue weighted by molar-refractivity contribution is 8.27. The van der Waals surface area contributed by atoms with Crippen LogP contribution in [0.5, 0.6) is 0 Å². The van der Waals surface area contributed by atoms with Crippen LogP contribution in [0.4, 0.5) is 0 Å². The number of thioether (sulfide) groups is 1. The maximum Gasteiger partial charge on any atom is 0.276 e. The number of carbonyl (C=O) groups excluding carboxylic acids is 1. The van der Waals surface area contributed by atoms with E-state index >= 15 is 0 Å². The van der Waals surface area contributed by atoms with E-state index in [1.807, 2.05) is 23.2 Å². The Kier molecular flexibility index (Phi) is 9.38.